The van der Waals surface area contributed by atoms with E-state index >= 15 is 0 Å². The van der Waals surface area contributed by atoms with Gasteiger partial charge in [0.05, 0.1) is 0 Å². The molecule has 0 heterocycles. The molecule has 2 aromatic carbocycles. The van der Waals surface area contributed by atoms with Gasteiger partial charge in [0, 0.05) is 6.04 Å². The third-order valence-electron chi connectivity index (χ3n) is 4.14. The van der Waals surface area contributed by atoms with Gasteiger partial charge >= 0.3 is 0 Å². The van der Waals surface area contributed by atoms with E-state index in [0.29, 0.717) is 6.04 Å². The van der Waals surface area contributed by atoms with Crippen LogP contribution in [0.3, 0.4) is 0 Å². The van der Waals surface area contributed by atoms with Crippen molar-refractivity contribution in [1.29, 1.82) is 0 Å². The van der Waals surface area contributed by atoms with Gasteiger partial charge in [-0.3, -0.25) is 0 Å². The van der Waals surface area contributed by atoms with E-state index in [9.17, 15) is 0 Å². The number of hydrogen-bond donors (Lipinski definition) is 1. The van der Waals surface area contributed by atoms with Crippen molar-refractivity contribution in [3.63, 3.8) is 0 Å². The Hall–Kier alpha value is -1.60. The van der Waals surface area contributed by atoms with E-state index in [1.54, 1.807) is 0 Å². The molecule has 0 aliphatic rings. The molecule has 0 amide bonds. The van der Waals surface area contributed by atoms with Crippen molar-refractivity contribution < 1.29 is 0 Å². The van der Waals surface area contributed by atoms with E-state index < -0.39 is 0 Å². The minimum Gasteiger partial charge on any atom is -0.310 e. The Labute approximate surface area is 129 Å². The molecule has 0 aliphatic carbocycles. The lowest BCUT2D eigenvalue weighted by atomic mass is 9.92. The monoisotopic (exact) mass is 281 g/mol. The molecule has 0 bridgehead atoms. The quantitative estimate of drug-likeness (QED) is 0.780. The van der Waals surface area contributed by atoms with Crippen molar-refractivity contribution in [1.82, 2.24) is 5.32 Å². The Kier molecular flexibility index (Phi) is 5.19. The van der Waals surface area contributed by atoms with Crippen LogP contribution in [0.4, 0.5) is 0 Å². The molecule has 0 saturated carbocycles. The van der Waals surface area contributed by atoms with Crippen LogP contribution in [0.25, 0.3) is 11.1 Å². The van der Waals surface area contributed by atoms with Crippen molar-refractivity contribution in [2.24, 2.45) is 0 Å². The van der Waals surface area contributed by atoms with E-state index in [2.05, 4.69) is 76.3 Å². The van der Waals surface area contributed by atoms with E-state index in [1.165, 1.54) is 33.4 Å². The summed E-state index contributed by atoms with van der Waals surface area (Å²) in [7, 11) is 0. The topological polar surface area (TPSA) is 12.0 Å². The molecule has 1 N–H and O–H groups in total. The first-order chi connectivity index (χ1) is 10.1. The van der Waals surface area contributed by atoms with Crippen LogP contribution in [-0.4, -0.2) is 6.54 Å². The molecule has 1 unspecified atom stereocenters. The number of nitrogens with one attached hydrogen (secondary N) is 1. The Bertz CT molecular complexity index is 573. The fourth-order valence-electron chi connectivity index (χ4n) is 3.26. The van der Waals surface area contributed by atoms with Crippen LogP contribution >= 0.6 is 0 Å². The van der Waals surface area contributed by atoms with Crippen molar-refractivity contribution in [2.45, 2.75) is 47.1 Å². The largest absolute Gasteiger partial charge is 0.310 e. The number of aryl methyl sites for hydroxylation is 3. The van der Waals surface area contributed by atoms with Crippen molar-refractivity contribution >= 4 is 0 Å². The van der Waals surface area contributed by atoms with Crippen LogP contribution < -0.4 is 5.32 Å². The van der Waals surface area contributed by atoms with Gasteiger partial charge in [-0.25, -0.2) is 0 Å². The van der Waals surface area contributed by atoms with Crippen molar-refractivity contribution in [2.75, 3.05) is 6.54 Å². The summed E-state index contributed by atoms with van der Waals surface area (Å²) >= 11 is 0. The fourth-order valence-corrected chi connectivity index (χ4v) is 3.26. The fraction of sp³-hybridized carbons (Fsp3) is 0.400. The smallest absolute Gasteiger partial charge is 0.0317 e. The lowest BCUT2D eigenvalue weighted by molar-refractivity contribution is 0.537. The zero-order valence-corrected chi connectivity index (χ0v) is 14.0. The molecule has 1 nitrogen and oxygen atoms in total. The van der Waals surface area contributed by atoms with E-state index in [0.717, 1.165) is 13.0 Å². The lowest BCUT2D eigenvalue weighted by Gasteiger charge is -2.17. The summed E-state index contributed by atoms with van der Waals surface area (Å²) in [4.78, 5) is 0. The molecule has 0 fully saturated rings. The maximum absolute atomic E-state index is 3.54. The zero-order valence-electron chi connectivity index (χ0n) is 14.0. The van der Waals surface area contributed by atoms with Crippen molar-refractivity contribution in [3.05, 3.63) is 58.7 Å². The van der Waals surface area contributed by atoms with Gasteiger partial charge in [-0.1, -0.05) is 55.8 Å². The highest BCUT2D eigenvalue weighted by atomic mass is 14.9. The summed E-state index contributed by atoms with van der Waals surface area (Å²) < 4.78 is 0. The molecule has 2 rings (SSSR count). The van der Waals surface area contributed by atoms with Gasteiger partial charge in [-0.2, -0.15) is 0 Å². The predicted molar refractivity (Wildman–Crippen MR) is 92.8 cm³/mol. The highest BCUT2D eigenvalue weighted by Gasteiger charge is 2.10. The van der Waals surface area contributed by atoms with Crippen LogP contribution in [0.15, 0.2) is 36.4 Å². The Morgan fingerprint density at radius 1 is 0.905 bits per heavy atom. The minimum absolute atomic E-state index is 0.462. The SMILES string of the molecule is CCNC(CC)c1ccc(-c2c(C)cc(C)cc2C)cc1. The van der Waals surface area contributed by atoms with E-state index in [-0.39, 0.29) is 0 Å². The summed E-state index contributed by atoms with van der Waals surface area (Å²) in [5.74, 6) is 0. The molecule has 1 atom stereocenters. The molecule has 0 aromatic heterocycles. The second-order valence-electron chi connectivity index (χ2n) is 5.91. The number of hydrogen-bond acceptors (Lipinski definition) is 1. The highest BCUT2D eigenvalue weighted by molar-refractivity contribution is 5.71. The third kappa shape index (κ3) is 3.54. The van der Waals surface area contributed by atoms with Crippen molar-refractivity contribution in [3.8, 4) is 11.1 Å². The van der Waals surface area contributed by atoms with Gasteiger partial charge in [-0.05, 0) is 61.6 Å². The molecule has 0 spiro atoms. The van der Waals surface area contributed by atoms with Crippen LogP contribution in [0.1, 0.15) is 48.6 Å². The Morgan fingerprint density at radius 2 is 1.48 bits per heavy atom. The molecular formula is C20H27N. The first-order valence-electron chi connectivity index (χ1n) is 7.98. The molecule has 112 valence electrons. The summed E-state index contributed by atoms with van der Waals surface area (Å²) in [6.45, 7) is 12.0. The molecule has 0 radical (unpaired) electrons. The second-order valence-corrected chi connectivity index (χ2v) is 5.91. The zero-order chi connectivity index (χ0) is 15.4. The summed E-state index contributed by atoms with van der Waals surface area (Å²) in [5, 5.41) is 3.54. The molecule has 0 aliphatic heterocycles. The molecule has 1 heteroatoms. The maximum Gasteiger partial charge on any atom is 0.0317 e. The average Bonchev–Trinajstić information content (AvgIpc) is 2.44. The Balaban J connectivity index is 2.35. The average molecular weight is 281 g/mol. The Morgan fingerprint density at radius 3 is 1.95 bits per heavy atom. The molecule has 2 aromatic rings. The predicted octanol–water partition coefficient (Wildman–Crippen LogP) is 5.34. The number of benzene rings is 2. The van der Waals surface area contributed by atoms with Gasteiger partial charge in [0.25, 0.3) is 0 Å². The van der Waals surface area contributed by atoms with Gasteiger partial charge in [0.1, 0.15) is 0 Å². The van der Waals surface area contributed by atoms with E-state index in [1.807, 2.05) is 0 Å². The van der Waals surface area contributed by atoms with Crippen LogP contribution in [0.5, 0.6) is 0 Å². The highest BCUT2D eigenvalue weighted by Crippen LogP contribution is 2.29. The molecule has 0 saturated heterocycles. The van der Waals surface area contributed by atoms with Crippen LogP contribution in [0, 0.1) is 20.8 Å². The second kappa shape index (κ2) is 6.91. The standard InChI is InChI=1S/C20H27N/c1-6-19(21-7-2)17-8-10-18(11-9-17)20-15(4)12-14(3)13-16(20)5/h8-13,19,21H,6-7H2,1-5H3. The third-order valence-corrected chi connectivity index (χ3v) is 4.14. The molecule has 21 heavy (non-hydrogen) atoms. The first kappa shape index (κ1) is 15.8. The maximum atomic E-state index is 3.54. The normalized spacial score (nSPS) is 12.4. The lowest BCUT2D eigenvalue weighted by Crippen LogP contribution is -2.19. The minimum atomic E-state index is 0.462. The molecular weight excluding hydrogens is 254 g/mol. The summed E-state index contributed by atoms with van der Waals surface area (Å²) in [6, 6.07) is 14.1. The van der Waals surface area contributed by atoms with Gasteiger partial charge < -0.3 is 5.32 Å². The van der Waals surface area contributed by atoms with Crippen LogP contribution in [0.2, 0.25) is 0 Å². The van der Waals surface area contributed by atoms with E-state index in [4.69, 9.17) is 0 Å². The van der Waals surface area contributed by atoms with Gasteiger partial charge in [0.15, 0.2) is 0 Å². The van der Waals surface area contributed by atoms with Gasteiger partial charge in [0.2, 0.25) is 0 Å². The summed E-state index contributed by atoms with van der Waals surface area (Å²) in [5.41, 5.74) is 8.13. The summed E-state index contributed by atoms with van der Waals surface area (Å²) in [6.07, 6.45) is 1.12. The van der Waals surface area contributed by atoms with Gasteiger partial charge in [-0.15, -0.1) is 0 Å². The van der Waals surface area contributed by atoms with Crippen LogP contribution in [-0.2, 0) is 0 Å². The first-order valence-corrected chi connectivity index (χ1v) is 7.98. The number of rotatable bonds is 5.